The number of rotatable bonds is 1. The highest BCUT2D eigenvalue weighted by Gasteiger charge is 2.42. The average molecular weight is 436 g/mol. The molecule has 1 N–H and O–H groups in total. The van der Waals surface area contributed by atoms with Gasteiger partial charge in [-0.3, -0.25) is 9.78 Å². The largest absolute Gasteiger partial charge is 0.369 e. The maximum Gasteiger partial charge on any atom is 0.267 e. The predicted molar refractivity (Wildman–Crippen MR) is 111 cm³/mol. The summed E-state index contributed by atoms with van der Waals surface area (Å²) in [6.45, 7) is 2.44. The minimum Gasteiger partial charge on any atom is -0.369 e. The summed E-state index contributed by atoms with van der Waals surface area (Å²) in [6, 6.07) is 11.6. The van der Waals surface area contributed by atoms with Crippen molar-refractivity contribution in [3.05, 3.63) is 58.3 Å². The topological polar surface area (TPSA) is 66.3 Å². The number of pyridine rings is 2. The van der Waals surface area contributed by atoms with Crippen molar-refractivity contribution in [3.8, 4) is 23.1 Å². The zero-order chi connectivity index (χ0) is 19.9. The van der Waals surface area contributed by atoms with Gasteiger partial charge in [-0.25, -0.2) is 4.98 Å². The Kier molecular flexibility index (Phi) is 4.66. The Morgan fingerprint density at radius 2 is 2.11 bits per heavy atom. The number of amides is 1. The maximum absolute atomic E-state index is 12.1. The van der Waals surface area contributed by atoms with Gasteiger partial charge in [-0.15, -0.1) is 0 Å². The van der Waals surface area contributed by atoms with Gasteiger partial charge in [-0.05, 0) is 47.1 Å². The molecule has 6 heteroatoms. The van der Waals surface area contributed by atoms with Crippen LogP contribution in [0.3, 0.4) is 0 Å². The number of hydrogen-bond acceptors (Lipinski definition) is 4. The molecule has 0 aliphatic carbocycles. The standard InChI is InChI=1S/C22H18BrN3O2/c1-14-20-17(18(23)13-24-14)6-7-19(25-20)16-5-3-4-15(12-16)8-9-22(28)10-11-26(2)21(22)27/h3-7,12-13,28H,10-11H2,1-2H3/t22-/m0/s1. The molecule has 3 heterocycles. The van der Waals surface area contributed by atoms with Gasteiger partial charge in [0.15, 0.2) is 0 Å². The molecule has 0 spiro atoms. The first-order valence-electron chi connectivity index (χ1n) is 8.91. The van der Waals surface area contributed by atoms with Crippen LogP contribution in [0.25, 0.3) is 22.2 Å². The molecular weight excluding hydrogens is 418 g/mol. The van der Waals surface area contributed by atoms with Gasteiger partial charge in [0.2, 0.25) is 5.60 Å². The van der Waals surface area contributed by atoms with Crippen molar-refractivity contribution in [2.75, 3.05) is 13.6 Å². The van der Waals surface area contributed by atoms with Crippen LogP contribution >= 0.6 is 15.9 Å². The van der Waals surface area contributed by atoms with Crippen molar-refractivity contribution in [2.45, 2.75) is 18.9 Å². The van der Waals surface area contributed by atoms with Crippen LogP contribution in [0.5, 0.6) is 0 Å². The predicted octanol–water partition coefficient (Wildman–Crippen LogP) is 3.31. The quantitative estimate of drug-likeness (QED) is 0.595. The highest BCUT2D eigenvalue weighted by Crippen LogP contribution is 2.27. The van der Waals surface area contributed by atoms with Crippen LogP contribution in [0.15, 0.2) is 47.1 Å². The first kappa shape index (κ1) is 18.6. The van der Waals surface area contributed by atoms with Gasteiger partial charge >= 0.3 is 0 Å². The number of likely N-dealkylation sites (N-methyl/N-ethyl adjacent to an activating group) is 1. The van der Waals surface area contributed by atoms with E-state index in [4.69, 9.17) is 4.98 Å². The van der Waals surface area contributed by atoms with Crippen LogP contribution in [0.2, 0.25) is 0 Å². The molecule has 3 aromatic rings. The van der Waals surface area contributed by atoms with Gasteiger partial charge < -0.3 is 10.0 Å². The summed E-state index contributed by atoms with van der Waals surface area (Å²) in [5, 5.41) is 11.5. The van der Waals surface area contributed by atoms with E-state index in [1.807, 2.05) is 43.3 Å². The summed E-state index contributed by atoms with van der Waals surface area (Å²) in [7, 11) is 1.67. The number of fused-ring (bicyclic) bond motifs is 1. The van der Waals surface area contributed by atoms with E-state index in [0.717, 1.165) is 37.9 Å². The van der Waals surface area contributed by atoms with E-state index >= 15 is 0 Å². The van der Waals surface area contributed by atoms with Crippen molar-refractivity contribution in [3.63, 3.8) is 0 Å². The van der Waals surface area contributed by atoms with Crippen LogP contribution in [-0.2, 0) is 4.79 Å². The lowest BCUT2D eigenvalue weighted by atomic mass is 10.0. The normalized spacial score (nSPS) is 19.0. The smallest absolute Gasteiger partial charge is 0.267 e. The van der Waals surface area contributed by atoms with E-state index < -0.39 is 5.60 Å². The number of benzene rings is 1. The second kappa shape index (κ2) is 7.01. The van der Waals surface area contributed by atoms with Gasteiger partial charge in [-0.2, -0.15) is 0 Å². The number of carbonyl (C=O) groups excluding carboxylic acids is 1. The average Bonchev–Trinajstić information content (AvgIpc) is 2.97. The van der Waals surface area contributed by atoms with Crippen molar-refractivity contribution in [2.24, 2.45) is 0 Å². The molecule has 0 radical (unpaired) electrons. The van der Waals surface area contributed by atoms with Gasteiger partial charge in [-0.1, -0.05) is 24.0 Å². The molecule has 5 nitrogen and oxygen atoms in total. The van der Waals surface area contributed by atoms with Gasteiger partial charge in [0.1, 0.15) is 0 Å². The van der Waals surface area contributed by atoms with Crippen LogP contribution in [0.1, 0.15) is 17.7 Å². The molecular formula is C22H18BrN3O2. The molecule has 1 amide bonds. The molecule has 0 bridgehead atoms. The van der Waals surface area contributed by atoms with Crippen molar-refractivity contribution < 1.29 is 9.90 Å². The number of halogens is 1. The Labute approximate surface area is 171 Å². The Bertz CT molecular complexity index is 1170. The minimum absolute atomic E-state index is 0.322. The van der Waals surface area contributed by atoms with E-state index in [1.165, 1.54) is 4.90 Å². The zero-order valence-electron chi connectivity index (χ0n) is 15.5. The van der Waals surface area contributed by atoms with E-state index in [1.54, 1.807) is 13.2 Å². The number of aromatic nitrogens is 2. The first-order chi connectivity index (χ1) is 13.4. The third-order valence-corrected chi connectivity index (χ3v) is 5.58. The monoisotopic (exact) mass is 435 g/mol. The molecule has 2 aromatic heterocycles. The summed E-state index contributed by atoms with van der Waals surface area (Å²) in [6.07, 6.45) is 2.10. The molecule has 1 atom stereocenters. The Morgan fingerprint density at radius 3 is 2.86 bits per heavy atom. The summed E-state index contributed by atoms with van der Waals surface area (Å²) in [5.41, 5.74) is 2.56. The lowest BCUT2D eigenvalue weighted by Gasteiger charge is -2.13. The van der Waals surface area contributed by atoms with E-state index in [2.05, 4.69) is 32.8 Å². The number of carbonyl (C=O) groups is 1. The Morgan fingerprint density at radius 1 is 1.29 bits per heavy atom. The number of aryl methyl sites for hydroxylation is 1. The summed E-state index contributed by atoms with van der Waals surface area (Å²) in [4.78, 5) is 22.7. The van der Waals surface area contributed by atoms with Crippen LogP contribution in [0, 0.1) is 18.8 Å². The summed E-state index contributed by atoms with van der Waals surface area (Å²) >= 11 is 3.51. The minimum atomic E-state index is -1.60. The molecule has 1 aliphatic heterocycles. The molecule has 1 aliphatic rings. The first-order valence-corrected chi connectivity index (χ1v) is 9.70. The molecule has 4 rings (SSSR count). The van der Waals surface area contributed by atoms with Gasteiger partial charge in [0.05, 0.1) is 16.9 Å². The summed E-state index contributed by atoms with van der Waals surface area (Å²) in [5.74, 6) is 5.36. The second-order valence-corrected chi connectivity index (χ2v) is 7.81. The number of aliphatic hydroxyl groups is 1. The van der Waals surface area contributed by atoms with Crippen LogP contribution in [-0.4, -0.2) is 45.1 Å². The van der Waals surface area contributed by atoms with E-state index in [0.29, 0.717) is 13.0 Å². The Balaban J connectivity index is 1.71. The molecule has 0 unspecified atom stereocenters. The van der Waals surface area contributed by atoms with Gasteiger partial charge in [0.25, 0.3) is 5.91 Å². The fraction of sp³-hybridized carbons (Fsp3) is 0.227. The molecule has 1 saturated heterocycles. The maximum atomic E-state index is 12.1. The SMILES string of the molecule is Cc1ncc(Br)c2ccc(-c3cccc(C#C[C@]4(O)CCN(C)C4=O)c3)nc12. The number of likely N-dealkylation sites (tertiary alicyclic amines) is 1. The third-order valence-electron chi connectivity index (χ3n) is 4.95. The second-order valence-electron chi connectivity index (χ2n) is 6.95. The lowest BCUT2D eigenvalue weighted by Crippen LogP contribution is -2.37. The van der Waals surface area contributed by atoms with Crippen molar-refractivity contribution in [1.82, 2.24) is 14.9 Å². The highest BCUT2D eigenvalue weighted by molar-refractivity contribution is 9.10. The van der Waals surface area contributed by atoms with E-state index in [9.17, 15) is 9.90 Å². The molecule has 140 valence electrons. The Hall–Kier alpha value is -2.75. The molecule has 28 heavy (non-hydrogen) atoms. The number of hydrogen-bond donors (Lipinski definition) is 1. The lowest BCUT2D eigenvalue weighted by molar-refractivity contribution is -0.137. The van der Waals surface area contributed by atoms with E-state index in [-0.39, 0.29) is 5.91 Å². The van der Waals surface area contributed by atoms with Gasteiger partial charge in [0, 0.05) is 47.2 Å². The van der Waals surface area contributed by atoms with Crippen molar-refractivity contribution in [1.29, 1.82) is 0 Å². The molecule has 1 fully saturated rings. The van der Waals surface area contributed by atoms with Crippen molar-refractivity contribution >= 4 is 32.7 Å². The van der Waals surface area contributed by atoms with Crippen LogP contribution < -0.4 is 0 Å². The highest BCUT2D eigenvalue weighted by atomic mass is 79.9. The van der Waals surface area contributed by atoms with Crippen LogP contribution in [0.4, 0.5) is 0 Å². The zero-order valence-corrected chi connectivity index (χ0v) is 17.1. The molecule has 1 aromatic carbocycles. The fourth-order valence-corrected chi connectivity index (χ4v) is 3.70. The summed E-state index contributed by atoms with van der Waals surface area (Å²) < 4.78 is 0.909. The third kappa shape index (κ3) is 3.28. The molecule has 0 saturated carbocycles. The fourth-order valence-electron chi connectivity index (χ4n) is 3.27. The number of nitrogens with zero attached hydrogens (tertiary/aromatic N) is 3.